The van der Waals surface area contributed by atoms with E-state index >= 15 is 0 Å². The van der Waals surface area contributed by atoms with Gasteiger partial charge in [0.05, 0.1) is 13.2 Å². The maximum Gasteiger partial charge on any atom is 0.451 e. The SMILES string of the molecule is CCCCB(O)O.OCCNCCO. The number of nitrogens with one attached hydrogen (secondary N) is 1. The van der Waals surface area contributed by atoms with Crippen molar-refractivity contribution < 1.29 is 20.3 Å². The van der Waals surface area contributed by atoms with Crippen molar-refractivity contribution in [2.45, 2.75) is 26.1 Å². The molecular formula is C8H22BNO4. The molecule has 0 spiro atoms. The molecule has 6 heteroatoms. The molecule has 0 aromatic carbocycles. The first-order chi connectivity index (χ1) is 6.68. The van der Waals surface area contributed by atoms with Gasteiger partial charge in [-0.3, -0.25) is 0 Å². The first-order valence-corrected chi connectivity index (χ1v) is 4.97. The van der Waals surface area contributed by atoms with Crippen molar-refractivity contribution in [3.05, 3.63) is 0 Å². The van der Waals surface area contributed by atoms with Crippen LogP contribution < -0.4 is 5.32 Å². The Balaban J connectivity index is 0. The summed E-state index contributed by atoms with van der Waals surface area (Å²) in [7, 11) is -1.10. The smallest absolute Gasteiger partial charge is 0.427 e. The summed E-state index contributed by atoms with van der Waals surface area (Å²) in [5.74, 6) is 0. The first-order valence-electron chi connectivity index (χ1n) is 4.97. The van der Waals surface area contributed by atoms with Crippen LogP contribution >= 0.6 is 0 Å². The topological polar surface area (TPSA) is 93.0 Å². The van der Waals surface area contributed by atoms with Crippen LogP contribution in [0.5, 0.6) is 0 Å². The van der Waals surface area contributed by atoms with E-state index in [1.807, 2.05) is 6.92 Å². The Bertz CT molecular complexity index is 91.4. The molecule has 0 amide bonds. The lowest BCUT2D eigenvalue weighted by Gasteiger charge is -1.94. The molecule has 0 aromatic heterocycles. The van der Waals surface area contributed by atoms with Crippen LogP contribution in [0.1, 0.15) is 19.8 Å². The molecule has 0 atom stereocenters. The van der Waals surface area contributed by atoms with E-state index in [-0.39, 0.29) is 13.2 Å². The van der Waals surface area contributed by atoms with Gasteiger partial charge in [-0.1, -0.05) is 19.8 Å². The Morgan fingerprint density at radius 2 is 1.57 bits per heavy atom. The van der Waals surface area contributed by atoms with E-state index in [0.717, 1.165) is 12.8 Å². The summed E-state index contributed by atoms with van der Waals surface area (Å²) in [5.41, 5.74) is 0. The molecule has 0 fully saturated rings. The Morgan fingerprint density at radius 3 is 1.79 bits per heavy atom. The fourth-order valence-corrected chi connectivity index (χ4v) is 0.670. The standard InChI is InChI=1S/C4H11BO2.C4H11NO2/c1-2-3-4-5(6)7;6-3-1-5-2-4-7/h6-7H,2-4H2,1H3;5-7H,1-4H2. The van der Waals surface area contributed by atoms with Gasteiger partial charge in [-0.25, -0.2) is 0 Å². The van der Waals surface area contributed by atoms with Gasteiger partial charge in [-0.15, -0.1) is 0 Å². The third-order valence-electron chi connectivity index (χ3n) is 1.39. The Morgan fingerprint density at radius 1 is 1.07 bits per heavy atom. The van der Waals surface area contributed by atoms with E-state index in [1.165, 1.54) is 0 Å². The quantitative estimate of drug-likeness (QED) is 0.267. The van der Waals surface area contributed by atoms with Gasteiger partial charge in [0.15, 0.2) is 0 Å². The monoisotopic (exact) mass is 207 g/mol. The number of hydrogen-bond donors (Lipinski definition) is 5. The minimum absolute atomic E-state index is 0.139. The van der Waals surface area contributed by atoms with Gasteiger partial charge in [0.25, 0.3) is 0 Å². The molecule has 0 aromatic rings. The molecule has 5 nitrogen and oxygen atoms in total. The minimum Gasteiger partial charge on any atom is -0.427 e. The van der Waals surface area contributed by atoms with Crippen molar-refractivity contribution in [1.82, 2.24) is 5.32 Å². The van der Waals surface area contributed by atoms with Gasteiger partial charge < -0.3 is 25.6 Å². The number of rotatable bonds is 7. The van der Waals surface area contributed by atoms with Gasteiger partial charge in [0, 0.05) is 13.1 Å². The van der Waals surface area contributed by atoms with Crippen LogP contribution in [-0.4, -0.2) is 53.7 Å². The van der Waals surface area contributed by atoms with Gasteiger partial charge in [-0.2, -0.15) is 0 Å². The van der Waals surface area contributed by atoms with Crippen LogP contribution in [-0.2, 0) is 0 Å². The molecule has 14 heavy (non-hydrogen) atoms. The summed E-state index contributed by atoms with van der Waals surface area (Å²) in [6.45, 7) is 3.43. The van der Waals surface area contributed by atoms with Crippen molar-refractivity contribution in [3.8, 4) is 0 Å². The number of hydrogen-bond acceptors (Lipinski definition) is 5. The molecular weight excluding hydrogens is 185 g/mol. The van der Waals surface area contributed by atoms with Crippen molar-refractivity contribution in [1.29, 1.82) is 0 Å². The second kappa shape index (κ2) is 15.3. The molecule has 0 unspecified atom stereocenters. The maximum absolute atomic E-state index is 8.24. The molecule has 0 aliphatic carbocycles. The fourth-order valence-electron chi connectivity index (χ4n) is 0.670. The van der Waals surface area contributed by atoms with E-state index in [9.17, 15) is 0 Å². The molecule has 0 radical (unpaired) electrons. The molecule has 0 aliphatic rings. The van der Waals surface area contributed by atoms with Crippen LogP contribution in [0, 0.1) is 0 Å². The Hall–Kier alpha value is -0.135. The van der Waals surface area contributed by atoms with Crippen LogP contribution in [0.2, 0.25) is 6.32 Å². The highest BCUT2D eigenvalue weighted by Gasteiger charge is 2.02. The highest BCUT2D eigenvalue weighted by atomic mass is 16.4. The van der Waals surface area contributed by atoms with Crippen LogP contribution in [0.4, 0.5) is 0 Å². The van der Waals surface area contributed by atoms with E-state index < -0.39 is 7.12 Å². The predicted octanol–water partition coefficient (Wildman–Crippen LogP) is -1.18. The summed E-state index contributed by atoms with van der Waals surface area (Å²) in [4.78, 5) is 0. The molecule has 0 aliphatic heterocycles. The van der Waals surface area contributed by atoms with Crippen molar-refractivity contribution in [2.75, 3.05) is 26.3 Å². The van der Waals surface area contributed by atoms with Gasteiger partial charge in [-0.05, 0) is 6.32 Å². The summed E-state index contributed by atoms with van der Waals surface area (Å²) >= 11 is 0. The van der Waals surface area contributed by atoms with Gasteiger partial charge in [0.1, 0.15) is 0 Å². The van der Waals surface area contributed by atoms with E-state index in [2.05, 4.69) is 5.32 Å². The maximum atomic E-state index is 8.24. The third kappa shape index (κ3) is 22.6. The minimum atomic E-state index is -1.10. The lowest BCUT2D eigenvalue weighted by atomic mass is 9.84. The highest BCUT2D eigenvalue weighted by molar-refractivity contribution is 6.40. The lowest BCUT2D eigenvalue weighted by molar-refractivity contribution is 0.266. The molecule has 86 valence electrons. The summed E-state index contributed by atoms with van der Waals surface area (Å²) in [6, 6.07) is 0. The average molecular weight is 207 g/mol. The van der Waals surface area contributed by atoms with Crippen LogP contribution in [0.25, 0.3) is 0 Å². The molecule has 0 rings (SSSR count). The van der Waals surface area contributed by atoms with Crippen LogP contribution in [0.15, 0.2) is 0 Å². The summed E-state index contributed by atoms with van der Waals surface area (Å²) in [5, 5.41) is 35.6. The number of unbranched alkanes of at least 4 members (excludes halogenated alkanes) is 1. The van der Waals surface area contributed by atoms with Crippen molar-refractivity contribution in [2.24, 2.45) is 0 Å². The molecule has 0 heterocycles. The van der Waals surface area contributed by atoms with Crippen LogP contribution in [0.3, 0.4) is 0 Å². The lowest BCUT2D eigenvalue weighted by Crippen LogP contribution is -2.21. The van der Waals surface area contributed by atoms with Crippen molar-refractivity contribution in [3.63, 3.8) is 0 Å². The zero-order chi connectivity index (χ0) is 11.2. The molecule has 0 bridgehead atoms. The Kier molecular flexibility index (Phi) is 17.9. The fraction of sp³-hybridized carbons (Fsp3) is 1.00. The second-order valence-corrected chi connectivity index (χ2v) is 2.82. The Labute approximate surface area is 85.9 Å². The zero-order valence-electron chi connectivity index (χ0n) is 8.82. The highest BCUT2D eigenvalue weighted by Crippen LogP contribution is 1.94. The van der Waals surface area contributed by atoms with E-state index in [4.69, 9.17) is 20.3 Å². The van der Waals surface area contributed by atoms with Gasteiger partial charge in [0.2, 0.25) is 0 Å². The van der Waals surface area contributed by atoms with E-state index in [0.29, 0.717) is 19.4 Å². The normalized spacial score (nSPS) is 9.21. The molecule has 0 saturated heterocycles. The molecule has 5 N–H and O–H groups in total. The predicted molar refractivity (Wildman–Crippen MR) is 56.9 cm³/mol. The second-order valence-electron chi connectivity index (χ2n) is 2.82. The zero-order valence-corrected chi connectivity index (χ0v) is 8.82. The average Bonchev–Trinajstić information content (AvgIpc) is 2.16. The first kappa shape index (κ1) is 16.3. The number of aliphatic hydroxyl groups is 2. The summed E-state index contributed by atoms with van der Waals surface area (Å²) in [6.07, 6.45) is 2.44. The summed E-state index contributed by atoms with van der Waals surface area (Å²) < 4.78 is 0. The number of aliphatic hydroxyl groups excluding tert-OH is 2. The third-order valence-corrected chi connectivity index (χ3v) is 1.39. The largest absolute Gasteiger partial charge is 0.451 e. The van der Waals surface area contributed by atoms with Gasteiger partial charge >= 0.3 is 7.12 Å². The molecule has 0 saturated carbocycles. The van der Waals surface area contributed by atoms with E-state index in [1.54, 1.807) is 0 Å². The van der Waals surface area contributed by atoms with Crippen molar-refractivity contribution >= 4 is 7.12 Å².